The van der Waals surface area contributed by atoms with E-state index in [0.29, 0.717) is 22.5 Å². The Labute approximate surface area is 229 Å². The molecule has 37 heavy (non-hydrogen) atoms. The maximum Gasteiger partial charge on any atom is 0.268 e. The number of halogens is 1. The topological polar surface area (TPSA) is 99.8 Å². The predicted octanol–water partition coefficient (Wildman–Crippen LogP) is 3.66. The maximum absolute atomic E-state index is 13.3. The minimum atomic E-state index is -1.17. The van der Waals surface area contributed by atoms with Crippen LogP contribution in [-0.2, 0) is 23.1 Å². The highest BCUT2D eigenvalue weighted by molar-refractivity contribution is 7.99. The van der Waals surface area contributed by atoms with Crippen molar-refractivity contribution in [1.82, 2.24) is 23.9 Å². The second-order valence-electron chi connectivity index (χ2n) is 10.9. The SMILES string of the molecule is C[C@@H]1OCC2(CCN(c3ncc(Sc4ccn5nccc5c4Cl)c(=O)n3C)CC2)[C@@H]1N[S+]([O-])C(C)(C)C. The number of rotatable bonds is 5. The van der Waals surface area contributed by atoms with E-state index in [1.807, 2.05) is 39.1 Å². The molecular formula is C25H33ClN6O3S2. The van der Waals surface area contributed by atoms with E-state index in [2.05, 4.69) is 26.6 Å². The molecule has 3 aromatic rings. The van der Waals surface area contributed by atoms with Gasteiger partial charge in [-0.2, -0.15) is 5.10 Å². The van der Waals surface area contributed by atoms with Gasteiger partial charge in [-0.1, -0.05) is 23.4 Å². The lowest BCUT2D eigenvalue weighted by Crippen LogP contribution is -2.57. The highest BCUT2D eigenvalue weighted by Gasteiger charge is 2.52. The maximum atomic E-state index is 13.3. The van der Waals surface area contributed by atoms with Gasteiger partial charge in [0.15, 0.2) is 0 Å². The molecule has 1 N–H and O–H groups in total. The summed E-state index contributed by atoms with van der Waals surface area (Å²) < 4.78 is 25.3. The van der Waals surface area contributed by atoms with Crippen LogP contribution >= 0.6 is 23.4 Å². The van der Waals surface area contributed by atoms with Gasteiger partial charge in [-0.15, -0.1) is 4.72 Å². The van der Waals surface area contributed by atoms with Crippen molar-refractivity contribution in [3.63, 3.8) is 0 Å². The van der Waals surface area contributed by atoms with Crippen LogP contribution < -0.4 is 15.2 Å². The number of hydrogen-bond donors (Lipinski definition) is 1. The molecule has 0 aromatic carbocycles. The van der Waals surface area contributed by atoms with E-state index in [1.54, 1.807) is 28.5 Å². The molecule has 2 aliphatic rings. The van der Waals surface area contributed by atoms with E-state index in [-0.39, 0.29) is 27.9 Å². The molecule has 0 saturated carbocycles. The largest absolute Gasteiger partial charge is 0.598 e. The number of pyridine rings is 1. The minimum Gasteiger partial charge on any atom is -0.598 e. The summed E-state index contributed by atoms with van der Waals surface area (Å²) in [5.41, 5.74) is 0.589. The molecule has 5 heterocycles. The summed E-state index contributed by atoms with van der Waals surface area (Å²) in [6.45, 7) is 10.1. The number of piperidine rings is 1. The van der Waals surface area contributed by atoms with Crippen molar-refractivity contribution in [2.45, 2.75) is 67.2 Å². The zero-order valence-electron chi connectivity index (χ0n) is 21.7. The van der Waals surface area contributed by atoms with E-state index in [9.17, 15) is 9.35 Å². The molecule has 9 nitrogen and oxygen atoms in total. The third-order valence-electron chi connectivity index (χ3n) is 7.41. The van der Waals surface area contributed by atoms with Gasteiger partial charge in [0.2, 0.25) is 5.95 Å². The van der Waals surface area contributed by atoms with Crippen molar-refractivity contribution in [3.8, 4) is 0 Å². The van der Waals surface area contributed by atoms with Crippen molar-refractivity contribution in [2.24, 2.45) is 12.5 Å². The van der Waals surface area contributed by atoms with Gasteiger partial charge in [0.1, 0.15) is 4.75 Å². The lowest BCUT2D eigenvalue weighted by Gasteiger charge is -2.43. The molecule has 3 aromatic heterocycles. The van der Waals surface area contributed by atoms with Crippen LogP contribution in [0.25, 0.3) is 5.52 Å². The predicted molar refractivity (Wildman–Crippen MR) is 148 cm³/mol. The fourth-order valence-electron chi connectivity index (χ4n) is 5.12. The van der Waals surface area contributed by atoms with Crippen molar-refractivity contribution in [2.75, 3.05) is 24.6 Å². The van der Waals surface area contributed by atoms with Crippen LogP contribution in [0.5, 0.6) is 0 Å². The molecule has 0 radical (unpaired) electrons. The average molecular weight is 565 g/mol. The number of anilines is 1. The molecule has 2 saturated heterocycles. The zero-order valence-corrected chi connectivity index (χ0v) is 24.1. The summed E-state index contributed by atoms with van der Waals surface area (Å²) in [6.07, 6.45) is 6.88. The highest BCUT2D eigenvalue weighted by atomic mass is 35.5. The van der Waals surface area contributed by atoms with E-state index in [0.717, 1.165) is 36.3 Å². The summed E-state index contributed by atoms with van der Waals surface area (Å²) in [5.74, 6) is 0.649. The van der Waals surface area contributed by atoms with Gasteiger partial charge in [0, 0.05) is 48.0 Å². The van der Waals surface area contributed by atoms with Crippen LogP contribution in [0.4, 0.5) is 5.95 Å². The van der Waals surface area contributed by atoms with Crippen LogP contribution in [0.1, 0.15) is 40.5 Å². The van der Waals surface area contributed by atoms with Crippen molar-refractivity contribution < 1.29 is 9.29 Å². The van der Waals surface area contributed by atoms with Crippen LogP contribution in [0.3, 0.4) is 0 Å². The Morgan fingerprint density at radius 3 is 2.70 bits per heavy atom. The Hall–Kier alpha value is -1.76. The Balaban J connectivity index is 1.31. The second kappa shape index (κ2) is 10.1. The molecule has 5 rings (SSSR count). The molecular weight excluding hydrogens is 532 g/mol. The fourth-order valence-corrected chi connectivity index (χ4v) is 7.37. The first-order valence-corrected chi connectivity index (χ1v) is 14.7. The lowest BCUT2D eigenvalue weighted by atomic mass is 9.73. The van der Waals surface area contributed by atoms with Gasteiger partial charge in [0.05, 0.1) is 46.6 Å². The molecule has 0 aliphatic carbocycles. The van der Waals surface area contributed by atoms with Crippen LogP contribution in [0, 0.1) is 5.41 Å². The average Bonchev–Trinajstić information content (AvgIpc) is 3.45. The summed E-state index contributed by atoms with van der Waals surface area (Å²) in [7, 11) is 1.76. The molecule has 0 bridgehead atoms. The number of nitrogens with one attached hydrogen (secondary N) is 1. The Morgan fingerprint density at radius 1 is 1.27 bits per heavy atom. The van der Waals surface area contributed by atoms with Gasteiger partial charge in [-0.05, 0) is 52.7 Å². The quantitative estimate of drug-likeness (QED) is 0.469. The Kier molecular flexibility index (Phi) is 7.32. The number of nitrogens with zero attached hydrogens (tertiary/aromatic N) is 5. The summed E-state index contributed by atoms with van der Waals surface area (Å²) in [6, 6.07) is 3.71. The zero-order chi connectivity index (χ0) is 26.5. The van der Waals surface area contributed by atoms with Gasteiger partial charge in [0.25, 0.3) is 5.56 Å². The molecule has 1 unspecified atom stereocenters. The molecule has 2 aliphatic heterocycles. The molecule has 3 atom stereocenters. The first-order valence-electron chi connectivity index (χ1n) is 12.4. The molecule has 12 heteroatoms. The third kappa shape index (κ3) is 5.02. The van der Waals surface area contributed by atoms with E-state index >= 15 is 0 Å². The van der Waals surface area contributed by atoms with E-state index in [1.165, 1.54) is 11.8 Å². The van der Waals surface area contributed by atoms with Crippen molar-refractivity contribution in [3.05, 3.63) is 46.1 Å². The number of hydrogen-bond acceptors (Lipinski definition) is 8. The van der Waals surface area contributed by atoms with Crippen LogP contribution in [-0.4, -0.2) is 60.3 Å². The first-order chi connectivity index (χ1) is 17.5. The minimum absolute atomic E-state index is 0.00903. The van der Waals surface area contributed by atoms with Gasteiger partial charge >= 0.3 is 0 Å². The van der Waals surface area contributed by atoms with Crippen LogP contribution in [0.15, 0.2) is 45.3 Å². The van der Waals surface area contributed by atoms with Crippen LogP contribution in [0.2, 0.25) is 5.02 Å². The number of fused-ring (bicyclic) bond motifs is 1. The van der Waals surface area contributed by atoms with E-state index < -0.39 is 11.4 Å². The van der Waals surface area contributed by atoms with Gasteiger partial charge < -0.3 is 14.2 Å². The fraction of sp³-hybridized carbons (Fsp3) is 0.560. The van der Waals surface area contributed by atoms with Gasteiger partial charge in [-0.3, -0.25) is 9.36 Å². The summed E-state index contributed by atoms with van der Waals surface area (Å²) in [4.78, 5) is 21.4. The Bertz CT molecular complexity index is 1350. The third-order valence-corrected chi connectivity index (χ3v) is 10.6. The monoisotopic (exact) mass is 564 g/mol. The first kappa shape index (κ1) is 26.8. The summed E-state index contributed by atoms with van der Waals surface area (Å²) in [5, 5.41) is 4.75. The van der Waals surface area contributed by atoms with E-state index in [4.69, 9.17) is 16.3 Å². The number of aromatic nitrogens is 4. The highest BCUT2D eigenvalue weighted by Crippen LogP contribution is 2.43. The molecule has 2 fully saturated rings. The molecule has 0 amide bonds. The number of ether oxygens (including phenoxy) is 1. The van der Waals surface area contributed by atoms with Crippen molar-refractivity contribution >= 4 is 46.2 Å². The standard InChI is InChI=1S/C25H33ClN6O3S2/c1-16-21(29-37(34)24(2,3)4)25(15-35-16)8-12-31(13-9-25)23-27-14-19(22(33)30(23)5)36-18-7-11-32-17(20(18)26)6-10-28-32/h6-7,10-11,14,16,21,29H,8-9,12-13,15H2,1-5H3/t16-,21+,37?/m0/s1. The molecule has 1 spiro atoms. The molecule has 200 valence electrons. The van der Waals surface area contributed by atoms with Gasteiger partial charge in [-0.25, -0.2) is 9.50 Å². The summed E-state index contributed by atoms with van der Waals surface area (Å²) >= 11 is 6.70. The smallest absolute Gasteiger partial charge is 0.268 e. The lowest BCUT2D eigenvalue weighted by molar-refractivity contribution is 0.0972. The van der Waals surface area contributed by atoms with Crippen molar-refractivity contribution in [1.29, 1.82) is 0 Å². The normalized spacial score (nSPS) is 22.7. The second-order valence-corrected chi connectivity index (χ2v) is 14.3. The Morgan fingerprint density at radius 2 is 2.00 bits per heavy atom.